The van der Waals surface area contributed by atoms with Crippen molar-refractivity contribution in [3.8, 4) is 0 Å². The molecule has 17 heavy (non-hydrogen) atoms. The van der Waals surface area contributed by atoms with Gasteiger partial charge in [0.2, 0.25) is 5.91 Å². The molecule has 1 aliphatic heterocycles. The first-order valence-corrected chi connectivity index (χ1v) is 5.55. The van der Waals surface area contributed by atoms with Crippen LogP contribution in [-0.4, -0.2) is 36.5 Å². The molecule has 2 N–H and O–H groups in total. The molecule has 0 atom stereocenters. The van der Waals surface area contributed by atoms with Gasteiger partial charge in [-0.15, -0.1) is 0 Å². The first-order valence-electron chi connectivity index (χ1n) is 5.55. The monoisotopic (exact) mass is 233 g/mol. The molecule has 5 heteroatoms. The Morgan fingerprint density at radius 3 is 2.71 bits per heavy atom. The zero-order chi connectivity index (χ0) is 12.3. The fourth-order valence-electron chi connectivity index (χ4n) is 1.65. The lowest BCUT2D eigenvalue weighted by atomic mass is 10.2. The maximum Gasteiger partial charge on any atom is 0.324 e. The number of benzene rings is 1. The van der Waals surface area contributed by atoms with Crippen LogP contribution in [0.15, 0.2) is 24.3 Å². The largest absolute Gasteiger partial charge is 0.376 e. The van der Waals surface area contributed by atoms with Crippen LogP contribution in [0.1, 0.15) is 5.56 Å². The topological polar surface area (TPSA) is 61.4 Å². The molecule has 1 fully saturated rings. The number of imide groups is 1. The quantitative estimate of drug-likeness (QED) is 0.817. The van der Waals surface area contributed by atoms with Crippen LogP contribution in [0.5, 0.6) is 0 Å². The van der Waals surface area contributed by atoms with Gasteiger partial charge in [0.1, 0.15) is 0 Å². The standard InChI is InChI=1S/C12H15N3O2/c1-9-2-4-10(5-3-9)14-8-11(16)15-7-6-13-12(15)17/h2-5,14H,6-8H2,1H3,(H,13,17). The van der Waals surface area contributed by atoms with E-state index in [1.54, 1.807) is 0 Å². The summed E-state index contributed by atoms with van der Waals surface area (Å²) < 4.78 is 0. The molecule has 90 valence electrons. The summed E-state index contributed by atoms with van der Waals surface area (Å²) in [7, 11) is 0. The molecule has 0 aliphatic carbocycles. The Morgan fingerprint density at radius 2 is 2.12 bits per heavy atom. The van der Waals surface area contributed by atoms with Crippen molar-refractivity contribution in [1.82, 2.24) is 10.2 Å². The smallest absolute Gasteiger partial charge is 0.324 e. The highest BCUT2D eigenvalue weighted by Gasteiger charge is 2.25. The zero-order valence-corrected chi connectivity index (χ0v) is 9.69. The third-order valence-corrected chi connectivity index (χ3v) is 2.65. The molecule has 5 nitrogen and oxygen atoms in total. The summed E-state index contributed by atoms with van der Waals surface area (Å²) in [6.45, 7) is 3.13. The molecule has 2 rings (SSSR count). The first-order chi connectivity index (χ1) is 8.16. The molecule has 1 heterocycles. The number of anilines is 1. The van der Waals surface area contributed by atoms with E-state index in [2.05, 4.69) is 10.6 Å². The minimum absolute atomic E-state index is 0.135. The molecule has 0 aromatic heterocycles. The second-order valence-electron chi connectivity index (χ2n) is 4.00. The second-order valence-corrected chi connectivity index (χ2v) is 4.00. The maximum absolute atomic E-state index is 11.7. The predicted octanol–water partition coefficient (Wildman–Crippen LogP) is 0.959. The van der Waals surface area contributed by atoms with Gasteiger partial charge >= 0.3 is 6.03 Å². The molecular weight excluding hydrogens is 218 g/mol. The highest BCUT2D eigenvalue weighted by Crippen LogP contribution is 2.08. The number of carbonyl (C=O) groups excluding carboxylic acids is 2. The van der Waals surface area contributed by atoms with E-state index >= 15 is 0 Å². The van der Waals surface area contributed by atoms with Crippen LogP contribution in [0.3, 0.4) is 0 Å². The van der Waals surface area contributed by atoms with Crippen LogP contribution in [0.25, 0.3) is 0 Å². The van der Waals surface area contributed by atoms with E-state index in [0.29, 0.717) is 13.1 Å². The molecule has 0 spiro atoms. The van der Waals surface area contributed by atoms with Crippen LogP contribution in [0.2, 0.25) is 0 Å². The summed E-state index contributed by atoms with van der Waals surface area (Å²) in [6, 6.07) is 7.45. The van der Waals surface area contributed by atoms with Crippen LogP contribution in [-0.2, 0) is 4.79 Å². The third kappa shape index (κ3) is 2.75. The molecule has 0 radical (unpaired) electrons. The van der Waals surface area contributed by atoms with Gasteiger partial charge in [-0.2, -0.15) is 0 Å². The van der Waals surface area contributed by atoms with Gasteiger partial charge in [0.05, 0.1) is 6.54 Å². The van der Waals surface area contributed by atoms with Crippen LogP contribution in [0, 0.1) is 6.92 Å². The Balaban J connectivity index is 1.87. The average molecular weight is 233 g/mol. The van der Waals surface area contributed by atoms with Crippen LogP contribution in [0.4, 0.5) is 10.5 Å². The Labute approximate surface area is 99.8 Å². The van der Waals surface area contributed by atoms with Gasteiger partial charge in [-0.25, -0.2) is 4.79 Å². The predicted molar refractivity (Wildman–Crippen MR) is 64.8 cm³/mol. The molecule has 0 unspecified atom stereocenters. The van der Waals surface area contributed by atoms with E-state index in [1.807, 2.05) is 31.2 Å². The van der Waals surface area contributed by atoms with Crippen molar-refractivity contribution in [3.05, 3.63) is 29.8 Å². The molecule has 0 saturated carbocycles. The number of hydrogen-bond acceptors (Lipinski definition) is 3. The Kier molecular flexibility index (Phi) is 3.27. The second kappa shape index (κ2) is 4.86. The number of hydrogen-bond donors (Lipinski definition) is 2. The molecular formula is C12H15N3O2. The fraction of sp³-hybridized carbons (Fsp3) is 0.333. The lowest BCUT2D eigenvalue weighted by Gasteiger charge is -2.13. The normalized spacial score (nSPS) is 14.6. The van der Waals surface area contributed by atoms with Gasteiger partial charge in [-0.05, 0) is 19.1 Å². The number of nitrogens with zero attached hydrogens (tertiary/aromatic N) is 1. The first kappa shape index (κ1) is 11.4. The Morgan fingerprint density at radius 1 is 1.41 bits per heavy atom. The fourth-order valence-corrected chi connectivity index (χ4v) is 1.65. The average Bonchev–Trinajstić information content (AvgIpc) is 2.74. The molecule has 3 amide bonds. The SMILES string of the molecule is Cc1ccc(NCC(=O)N2CCNC2=O)cc1. The third-order valence-electron chi connectivity index (χ3n) is 2.65. The Hall–Kier alpha value is -2.04. The zero-order valence-electron chi connectivity index (χ0n) is 9.69. The number of amides is 3. The summed E-state index contributed by atoms with van der Waals surface area (Å²) in [5.74, 6) is -0.208. The molecule has 0 bridgehead atoms. The molecule has 1 aliphatic rings. The van der Waals surface area contributed by atoms with E-state index in [1.165, 1.54) is 10.5 Å². The number of rotatable bonds is 3. The number of urea groups is 1. The van der Waals surface area contributed by atoms with Crippen molar-refractivity contribution < 1.29 is 9.59 Å². The van der Waals surface area contributed by atoms with Crippen molar-refractivity contribution in [2.45, 2.75) is 6.92 Å². The van der Waals surface area contributed by atoms with Crippen molar-refractivity contribution in [1.29, 1.82) is 0 Å². The maximum atomic E-state index is 11.7. The van der Waals surface area contributed by atoms with Crippen molar-refractivity contribution in [2.24, 2.45) is 0 Å². The van der Waals surface area contributed by atoms with Gasteiger partial charge in [0, 0.05) is 18.8 Å². The highest BCUT2D eigenvalue weighted by molar-refractivity contribution is 5.97. The van der Waals surface area contributed by atoms with Crippen LogP contribution >= 0.6 is 0 Å². The highest BCUT2D eigenvalue weighted by atomic mass is 16.2. The van der Waals surface area contributed by atoms with Gasteiger partial charge < -0.3 is 10.6 Å². The summed E-state index contributed by atoms with van der Waals surface area (Å²) in [5, 5.41) is 5.59. The summed E-state index contributed by atoms with van der Waals surface area (Å²) in [4.78, 5) is 24.2. The minimum atomic E-state index is -0.305. The Bertz CT molecular complexity index is 428. The van der Waals surface area contributed by atoms with Crippen molar-refractivity contribution >= 4 is 17.6 Å². The number of carbonyl (C=O) groups is 2. The van der Waals surface area contributed by atoms with Gasteiger partial charge in [0.25, 0.3) is 0 Å². The van der Waals surface area contributed by atoms with Gasteiger partial charge in [-0.3, -0.25) is 9.69 Å². The summed E-state index contributed by atoms with van der Waals surface area (Å²) in [6.07, 6.45) is 0. The van der Waals surface area contributed by atoms with E-state index in [4.69, 9.17) is 0 Å². The molecule has 1 saturated heterocycles. The molecule has 1 aromatic carbocycles. The van der Waals surface area contributed by atoms with Crippen molar-refractivity contribution in [3.63, 3.8) is 0 Å². The van der Waals surface area contributed by atoms with Crippen molar-refractivity contribution in [2.75, 3.05) is 25.0 Å². The lowest BCUT2D eigenvalue weighted by molar-refractivity contribution is -0.125. The minimum Gasteiger partial charge on any atom is -0.376 e. The van der Waals surface area contributed by atoms with Crippen LogP contribution < -0.4 is 10.6 Å². The van der Waals surface area contributed by atoms with E-state index < -0.39 is 0 Å². The van der Waals surface area contributed by atoms with E-state index in [-0.39, 0.29) is 18.5 Å². The van der Waals surface area contributed by atoms with E-state index in [9.17, 15) is 9.59 Å². The summed E-state index contributed by atoms with van der Waals surface area (Å²) >= 11 is 0. The van der Waals surface area contributed by atoms with Gasteiger partial charge in [-0.1, -0.05) is 17.7 Å². The number of aryl methyl sites for hydroxylation is 1. The molecule has 1 aromatic rings. The van der Waals surface area contributed by atoms with E-state index in [0.717, 1.165) is 5.69 Å². The number of nitrogens with one attached hydrogen (secondary N) is 2. The summed E-state index contributed by atoms with van der Waals surface area (Å²) in [5.41, 5.74) is 2.05. The lowest BCUT2D eigenvalue weighted by Crippen LogP contribution is -2.37. The van der Waals surface area contributed by atoms with Gasteiger partial charge in [0.15, 0.2) is 0 Å².